The van der Waals surface area contributed by atoms with E-state index in [-0.39, 0.29) is 5.41 Å². The number of hydrogen-bond donors (Lipinski definition) is 0. The minimum absolute atomic E-state index is 0.0307. The van der Waals surface area contributed by atoms with E-state index in [2.05, 4.69) is 6.29 Å². The van der Waals surface area contributed by atoms with Crippen LogP contribution in [-0.4, -0.2) is 6.29 Å². The van der Waals surface area contributed by atoms with Crippen LogP contribution in [-0.2, 0) is 4.79 Å². The number of hydrogen-bond acceptors (Lipinski definition) is 1. The van der Waals surface area contributed by atoms with Crippen molar-refractivity contribution in [3.05, 3.63) is 0 Å². The van der Waals surface area contributed by atoms with Crippen molar-refractivity contribution >= 4 is 6.29 Å². The van der Waals surface area contributed by atoms with E-state index in [1.54, 1.807) is 0 Å². The van der Waals surface area contributed by atoms with Crippen LogP contribution >= 0.6 is 0 Å². The van der Waals surface area contributed by atoms with Gasteiger partial charge in [0.2, 0.25) is 6.29 Å². The summed E-state index contributed by atoms with van der Waals surface area (Å²) in [6.07, 6.45) is 9.57. The number of rotatable bonds is 1. The van der Waals surface area contributed by atoms with Gasteiger partial charge in [-0.05, 0) is 31.6 Å². The standard InChI is InChI=1S/C9H13O/c10-7-9-4-1-2-8(6-9)3-5-9/h8H,1-6H2. The molecule has 2 rings (SSSR count). The van der Waals surface area contributed by atoms with Gasteiger partial charge in [0.15, 0.2) is 0 Å². The molecule has 10 heavy (non-hydrogen) atoms. The Kier molecular flexibility index (Phi) is 1.33. The molecule has 2 fully saturated rings. The minimum atomic E-state index is 0.0307. The first-order valence-electron chi connectivity index (χ1n) is 4.24. The third-order valence-corrected chi connectivity index (χ3v) is 3.19. The minimum Gasteiger partial charge on any atom is -0.290 e. The second-order valence-corrected chi connectivity index (χ2v) is 3.88. The van der Waals surface area contributed by atoms with E-state index in [1.807, 2.05) is 0 Å². The highest BCUT2D eigenvalue weighted by Gasteiger charge is 2.42. The lowest BCUT2D eigenvalue weighted by atomic mass is 9.77. The molecule has 2 unspecified atom stereocenters. The smallest absolute Gasteiger partial charge is 0.205 e. The number of fused-ring (bicyclic) bond motifs is 2. The van der Waals surface area contributed by atoms with Crippen LogP contribution in [0.5, 0.6) is 0 Å². The van der Waals surface area contributed by atoms with Gasteiger partial charge in [-0.15, -0.1) is 0 Å². The van der Waals surface area contributed by atoms with Gasteiger partial charge < -0.3 is 0 Å². The Labute approximate surface area is 61.8 Å². The predicted molar refractivity (Wildman–Crippen MR) is 39.3 cm³/mol. The van der Waals surface area contributed by atoms with Crippen LogP contribution in [0.25, 0.3) is 0 Å². The topological polar surface area (TPSA) is 17.1 Å². The first-order chi connectivity index (χ1) is 4.85. The van der Waals surface area contributed by atoms with Gasteiger partial charge in [-0.1, -0.05) is 12.8 Å². The van der Waals surface area contributed by atoms with E-state index in [1.165, 1.54) is 19.3 Å². The second-order valence-electron chi connectivity index (χ2n) is 3.88. The molecule has 55 valence electrons. The zero-order valence-corrected chi connectivity index (χ0v) is 6.23. The Morgan fingerprint density at radius 2 is 2.20 bits per heavy atom. The Hall–Kier alpha value is -0.330. The largest absolute Gasteiger partial charge is 0.290 e. The molecule has 0 amide bonds. The monoisotopic (exact) mass is 137 g/mol. The lowest BCUT2D eigenvalue weighted by molar-refractivity contribution is 0.288. The molecule has 2 bridgehead atoms. The van der Waals surface area contributed by atoms with Crippen LogP contribution in [0.2, 0.25) is 0 Å². The lowest BCUT2D eigenvalue weighted by Gasteiger charge is -2.25. The Morgan fingerprint density at radius 1 is 1.30 bits per heavy atom. The molecule has 2 saturated carbocycles. The SMILES string of the molecule is O=[C]C12CCCC(CC1)C2. The molecule has 0 saturated heterocycles. The van der Waals surface area contributed by atoms with Gasteiger partial charge in [-0.25, -0.2) is 0 Å². The molecule has 1 heteroatoms. The fourth-order valence-electron chi connectivity index (χ4n) is 2.58. The summed E-state index contributed by atoms with van der Waals surface area (Å²) in [5, 5.41) is 0. The normalized spacial score (nSPS) is 45.4. The van der Waals surface area contributed by atoms with E-state index in [0.29, 0.717) is 0 Å². The molecular weight excluding hydrogens is 124 g/mol. The summed E-state index contributed by atoms with van der Waals surface area (Å²) < 4.78 is 0. The molecule has 1 nitrogen and oxygen atoms in total. The van der Waals surface area contributed by atoms with E-state index in [4.69, 9.17) is 0 Å². The Bertz CT molecular complexity index is 149. The number of carbonyl (C=O) groups excluding carboxylic acids is 1. The molecule has 0 spiro atoms. The highest BCUT2D eigenvalue weighted by molar-refractivity contribution is 5.61. The van der Waals surface area contributed by atoms with Crippen LogP contribution in [0.4, 0.5) is 0 Å². The van der Waals surface area contributed by atoms with Gasteiger partial charge in [0.05, 0.1) is 0 Å². The van der Waals surface area contributed by atoms with Crippen LogP contribution in [0, 0.1) is 11.3 Å². The second kappa shape index (κ2) is 2.08. The maximum atomic E-state index is 10.6. The van der Waals surface area contributed by atoms with Crippen molar-refractivity contribution in [1.29, 1.82) is 0 Å². The van der Waals surface area contributed by atoms with Crippen molar-refractivity contribution in [2.45, 2.75) is 38.5 Å². The average molecular weight is 137 g/mol. The van der Waals surface area contributed by atoms with E-state index >= 15 is 0 Å². The fraction of sp³-hybridized carbons (Fsp3) is 0.889. The third kappa shape index (κ3) is 0.799. The van der Waals surface area contributed by atoms with Crippen molar-refractivity contribution in [1.82, 2.24) is 0 Å². The molecule has 2 aliphatic carbocycles. The molecule has 0 N–H and O–H groups in total. The summed E-state index contributed by atoms with van der Waals surface area (Å²) in [4.78, 5) is 10.6. The maximum absolute atomic E-state index is 10.6. The van der Waals surface area contributed by atoms with Gasteiger partial charge in [-0.2, -0.15) is 0 Å². The van der Waals surface area contributed by atoms with Gasteiger partial charge in [-0.3, -0.25) is 4.79 Å². The van der Waals surface area contributed by atoms with Crippen molar-refractivity contribution in [3.8, 4) is 0 Å². The van der Waals surface area contributed by atoms with E-state index in [9.17, 15) is 4.79 Å². The van der Waals surface area contributed by atoms with Gasteiger partial charge in [0.25, 0.3) is 0 Å². The molecule has 1 radical (unpaired) electrons. The molecule has 2 atom stereocenters. The summed E-state index contributed by atoms with van der Waals surface area (Å²) in [5.41, 5.74) is 0.0307. The van der Waals surface area contributed by atoms with Crippen LogP contribution in [0.15, 0.2) is 0 Å². The third-order valence-electron chi connectivity index (χ3n) is 3.19. The summed E-state index contributed by atoms with van der Waals surface area (Å²) in [6.45, 7) is 0. The van der Waals surface area contributed by atoms with Crippen LogP contribution in [0.1, 0.15) is 38.5 Å². The summed E-state index contributed by atoms with van der Waals surface area (Å²) in [5.74, 6) is 0.871. The lowest BCUT2D eigenvalue weighted by Crippen LogP contribution is -2.21. The zero-order chi connectivity index (χ0) is 7.03. The first kappa shape index (κ1) is 6.38. The molecular formula is C9H13O. The molecule has 0 aromatic carbocycles. The first-order valence-corrected chi connectivity index (χ1v) is 4.24. The summed E-state index contributed by atoms with van der Waals surface area (Å²) in [7, 11) is 0. The van der Waals surface area contributed by atoms with E-state index in [0.717, 1.165) is 25.2 Å². The molecule has 0 aliphatic heterocycles. The van der Waals surface area contributed by atoms with Crippen molar-refractivity contribution in [3.63, 3.8) is 0 Å². The van der Waals surface area contributed by atoms with Gasteiger partial charge in [0, 0.05) is 5.41 Å². The molecule has 2 aliphatic rings. The highest BCUT2D eigenvalue weighted by Crippen LogP contribution is 2.49. The van der Waals surface area contributed by atoms with Crippen molar-refractivity contribution in [2.24, 2.45) is 11.3 Å². The van der Waals surface area contributed by atoms with E-state index < -0.39 is 0 Å². The van der Waals surface area contributed by atoms with Crippen molar-refractivity contribution in [2.75, 3.05) is 0 Å². The summed E-state index contributed by atoms with van der Waals surface area (Å²) in [6, 6.07) is 0. The van der Waals surface area contributed by atoms with Gasteiger partial charge >= 0.3 is 0 Å². The molecule has 0 aromatic rings. The quantitative estimate of drug-likeness (QED) is 0.540. The summed E-state index contributed by atoms with van der Waals surface area (Å²) >= 11 is 0. The molecule has 0 aromatic heterocycles. The van der Waals surface area contributed by atoms with Crippen molar-refractivity contribution < 1.29 is 4.79 Å². The van der Waals surface area contributed by atoms with Crippen LogP contribution in [0.3, 0.4) is 0 Å². The Balaban J connectivity index is 2.16. The maximum Gasteiger partial charge on any atom is 0.205 e. The Morgan fingerprint density at radius 3 is 2.90 bits per heavy atom. The highest BCUT2D eigenvalue weighted by atomic mass is 16.1. The molecule has 0 heterocycles. The van der Waals surface area contributed by atoms with Gasteiger partial charge in [0.1, 0.15) is 0 Å². The fourth-order valence-corrected chi connectivity index (χ4v) is 2.58. The zero-order valence-electron chi connectivity index (χ0n) is 6.23. The average Bonchev–Trinajstić information content (AvgIpc) is 2.29. The predicted octanol–water partition coefficient (Wildman–Crippen LogP) is 2.07. The van der Waals surface area contributed by atoms with Crippen LogP contribution < -0.4 is 0 Å².